The quantitative estimate of drug-likeness (QED) is 0.719. The first-order valence-corrected chi connectivity index (χ1v) is 6.03. The lowest BCUT2D eigenvalue weighted by Crippen LogP contribution is -2.06. The molecule has 0 saturated heterocycles. The van der Waals surface area contributed by atoms with Crippen molar-refractivity contribution in [1.29, 1.82) is 5.26 Å². The Hall–Kier alpha value is -1.69. The molecule has 0 bridgehead atoms. The van der Waals surface area contributed by atoms with Crippen molar-refractivity contribution in [3.05, 3.63) is 47.5 Å². The van der Waals surface area contributed by atoms with Crippen LogP contribution in [0.25, 0.3) is 0 Å². The molecule has 2 unspecified atom stereocenters. The number of rotatable bonds is 2. The van der Waals surface area contributed by atoms with Crippen LogP contribution in [0.5, 0.6) is 0 Å². The van der Waals surface area contributed by atoms with Gasteiger partial charge in [-0.1, -0.05) is 18.2 Å². The van der Waals surface area contributed by atoms with E-state index >= 15 is 0 Å². The van der Waals surface area contributed by atoms with Crippen LogP contribution < -0.4 is 0 Å². The van der Waals surface area contributed by atoms with Gasteiger partial charge in [-0.15, -0.1) is 0 Å². The monoisotopic (exact) mass is 247 g/mol. The number of nitrogens with zero attached hydrogens (tertiary/aromatic N) is 1. The predicted molar refractivity (Wildman–Crippen MR) is 65.7 cm³/mol. The van der Waals surface area contributed by atoms with Crippen molar-refractivity contribution in [3.8, 4) is 6.07 Å². The maximum Gasteiger partial charge on any atom is 0.129 e. The molecule has 0 heterocycles. The maximum absolute atomic E-state index is 13.8. The minimum atomic E-state index is -0.584. The van der Waals surface area contributed by atoms with E-state index < -0.39 is 11.6 Å². The van der Waals surface area contributed by atoms with Gasteiger partial charge in [0.15, 0.2) is 0 Å². The molecule has 0 aromatic heterocycles. The summed E-state index contributed by atoms with van der Waals surface area (Å²) in [5.41, 5.74) is 1.48. The Kier molecular flexibility index (Phi) is 3.47. The van der Waals surface area contributed by atoms with Gasteiger partial charge < -0.3 is 0 Å². The highest BCUT2D eigenvalue weighted by Gasteiger charge is 2.36. The lowest BCUT2D eigenvalue weighted by atomic mass is 9.89. The molecular formula is C15H15F2N. The lowest BCUT2D eigenvalue weighted by molar-refractivity contribution is 0.528. The van der Waals surface area contributed by atoms with Crippen molar-refractivity contribution >= 4 is 0 Å². The highest BCUT2D eigenvalue weighted by Crippen LogP contribution is 2.45. The highest BCUT2D eigenvalue weighted by atomic mass is 19.1. The van der Waals surface area contributed by atoms with E-state index in [1.807, 2.05) is 6.92 Å². The minimum absolute atomic E-state index is 0.155. The molecule has 1 aromatic carbocycles. The first-order valence-electron chi connectivity index (χ1n) is 6.03. The van der Waals surface area contributed by atoms with Crippen LogP contribution in [0.4, 0.5) is 8.78 Å². The van der Waals surface area contributed by atoms with Crippen molar-refractivity contribution in [3.63, 3.8) is 0 Å². The Morgan fingerprint density at radius 2 is 2.11 bits per heavy atom. The molecule has 0 spiro atoms. The highest BCUT2D eigenvalue weighted by molar-refractivity contribution is 5.27. The molecule has 1 aliphatic carbocycles. The Bertz CT molecular complexity index is 516. The van der Waals surface area contributed by atoms with Crippen LogP contribution in [-0.4, -0.2) is 0 Å². The largest absolute Gasteiger partial charge is 0.207 e. The first kappa shape index (κ1) is 12.8. The third kappa shape index (κ3) is 2.28. The summed E-state index contributed by atoms with van der Waals surface area (Å²) >= 11 is 0. The van der Waals surface area contributed by atoms with Crippen LogP contribution in [-0.2, 0) is 0 Å². The molecule has 94 valence electrons. The van der Waals surface area contributed by atoms with E-state index in [-0.39, 0.29) is 17.8 Å². The van der Waals surface area contributed by atoms with Gasteiger partial charge in [0, 0.05) is 12.0 Å². The predicted octanol–water partition coefficient (Wildman–Crippen LogP) is 4.17. The normalized spacial score (nSPS) is 26.9. The summed E-state index contributed by atoms with van der Waals surface area (Å²) in [5.74, 6) is -1.25. The van der Waals surface area contributed by atoms with Gasteiger partial charge in [0.2, 0.25) is 0 Å². The number of hydrogen-bond acceptors (Lipinski definition) is 1. The van der Waals surface area contributed by atoms with Crippen molar-refractivity contribution in [2.45, 2.75) is 25.7 Å². The average Bonchev–Trinajstić information content (AvgIpc) is 2.73. The van der Waals surface area contributed by atoms with Gasteiger partial charge in [-0.3, -0.25) is 0 Å². The number of allylic oxidation sites excluding steroid dienone is 1. The van der Waals surface area contributed by atoms with Crippen LogP contribution in [0.2, 0.25) is 0 Å². The van der Waals surface area contributed by atoms with Crippen molar-refractivity contribution in [1.82, 2.24) is 0 Å². The molecule has 0 aliphatic heterocycles. The molecular weight excluding hydrogens is 232 g/mol. The van der Waals surface area contributed by atoms with Gasteiger partial charge in [-0.05, 0) is 37.3 Å². The topological polar surface area (TPSA) is 23.8 Å². The maximum atomic E-state index is 13.8. The molecule has 1 fully saturated rings. The SMILES string of the molecule is C=C(C)C1CC(C#N)[C@H](c2ccc(F)cc2F)C1. The van der Waals surface area contributed by atoms with Crippen molar-refractivity contribution < 1.29 is 8.78 Å². The summed E-state index contributed by atoms with van der Waals surface area (Å²) in [5, 5.41) is 9.17. The molecule has 3 heteroatoms. The molecule has 2 rings (SSSR count). The van der Waals surface area contributed by atoms with Crippen LogP contribution in [0.1, 0.15) is 31.2 Å². The number of hydrogen-bond donors (Lipinski definition) is 0. The van der Waals surface area contributed by atoms with Gasteiger partial charge in [0.25, 0.3) is 0 Å². The Labute approximate surface area is 106 Å². The molecule has 1 aromatic rings. The zero-order valence-electron chi connectivity index (χ0n) is 10.3. The van der Waals surface area contributed by atoms with E-state index in [0.717, 1.165) is 18.1 Å². The molecule has 3 atom stereocenters. The molecule has 1 saturated carbocycles. The Balaban J connectivity index is 2.32. The first-order chi connectivity index (χ1) is 8.52. The number of nitriles is 1. The van der Waals surface area contributed by atoms with Crippen molar-refractivity contribution in [2.24, 2.45) is 11.8 Å². The van der Waals surface area contributed by atoms with E-state index in [9.17, 15) is 8.78 Å². The third-order valence-corrected chi connectivity index (χ3v) is 3.79. The minimum Gasteiger partial charge on any atom is -0.207 e. The van der Waals surface area contributed by atoms with E-state index in [1.54, 1.807) is 0 Å². The summed E-state index contributed by atoms with van der Waals surface area (Å²) in [6.45, 7) is 5.84. The van der Waals surface area contributed by atoms with E-state index in [2.05, 4.69) is 12.6 Å². The fourth-order valence-electron chi connectivity index (χ4n) is 2.73. The molecule has 0 N–H and O–H groups in total. The van der Waals surface area contributed by atoms with E-state index in [0.29, 0.717) is 12.0 Å². The number of halogens is 2. The zero-order valence-corrected chi connectivity index (χ0v) is 10.3. The summed E-state index contributed by atoms with van der Waals surface area (Å²) < 4.78 is 26.7. The smallest absolute Gasteiger partial charge is 0.129 e. The van der Waals surface area contributed by atoms with Crippen LogP contribution in [0, 0.1) is 34.8 Å². The summed E-state index contributed by atoms with van der Waals surface area (Å²) in [7, 11) is 0. The van der Waals surface area contributed by atoms with E-state index in [1.165, 1.54) is 12.1 Å². The third-order valence-electron chi connectivity index (χ3n) is 3.79. The standard InChI is InChI=1S/C15H15F2N/c1-9(2)10-5-11(8-18)14(6-10)13-4-3-12(16)7-15(13)17/h3-4,7,10-11,14H,1,5-6H2,2H3/t10?,11?,14-/m1/s1. The van der Waals surface area contributed by atoms with Gasteiger partial charge in [0.1, 0.15) is 11.6 Å². The van der Waals surface area contributed by atoms with Gasteiger partial charge in [-0.25, -0.2) is 8.78 Å². The Morgan fingerprint density at radius 1 is 1.39 bits per heavy atom. The molecule has 0 amide bonds. The summed E-state index contributed by atoms with van der Waals surface area (Å²) in [4.78, 5) is 0. The fourth-order valence-corrected chi connectivity index (χ4v) is 2.73. The average molecular weight is 247 g/mol. The Morgan fingerprint density at radius 3 is 2.67 bits per heavy atom. The second kappa shape index (κ2) is 4.89. The molecule has 1 aliphatic rings. The molecule has 1 nitrogen and oxygen atoms in total. The van der Waals surface area contributed by atoms with E-state index in [4.69, 9.17) is 5.26 Å². The fraction of sp³-hybridized carbons (Fsp3) is 0.400. The summed E-state index contributed by atoms with van der Waals surface area (Å²) in [6, 6.07) is 5.83. The van der Waals surface area contributed by atoms with Crippen LogP contribution in [0.15, 0.2) is 30.4 Å². The molecule has 18 heavy (non-hydrogen) atoms. The zero-order chi connectivity index (χ0) is 13.3. The van der Waals surface area contributed by atoms with Gasteiger partial charge >= 0.3 is 0 Å². The second-order valence-electron chi connectivity index (χ2n) is 5.02. The second-order valence-corrected chi connectivity index (χ2v) is 5.02. The molecule has 0 radical (unpaired) electrons. The van der Waals surface area contributed by atoms with Gasteiger partial charge in [0.05, 0.1) is 12.0 Å². The van der Waals surface area contributed by atoms with Crippen molar-refractivity contribution in [2.75, 3.05) is 0 Å². The van der Waals surface area contributed by atoms with Crippen LogP contribution >= 0.6 is 0 Å². The van der Waals surface area contributed by atoms with Gasteiger partial charge in [-0.2, -0.15) is 5.26 Å². The summed E-state index contributed by atoms with van der Waals surface area (Å²) in [6.07, 6.45) is 1.43. The van der Waals surface area contributed by atoms with Crippen LogP contribution in [0.3, 0.4) is 0 Å². The number of benzene rings is 1. The lowest BCUT2D eigenvalue weighted by Gasteiger charge is -2.14.